The molecular weight excluding hydrogens is 206 g/mol. The van der Waals surface area contributed by atoms with E-state index in [9.17, 15) is 4.79 Å². The van der Waals surface area contributed by atoms with Crippen LogP contribution in [0.15, 0.2) is 18.2 Å². The normalized spacial score (nSPS) is 16.7. The fraction of sp³-hybridized carbons (Fsp3) is 0.364. The second-order valence-electron chi connectivity index (χ2n) is 3.81. The number of rotatable bonds is 2. The third-order valence-electron chi connectivity index (χ3n) is 2.75. The van der Waals surface area contributed by atoms with Gasteiger partial charge in [0.2, 0.25) is 0 Å². The number of nitrogens with two attached hydrogens (primary N) is 2. The van der Waals surface area contributed by atoms with Crippen LogP contribution in [0.4, 0.5) is 5.69 Å². The van der Waals surface area contributed by atoms with Gasteiger partial charge in [0.05, 0.1) is 5.69 Å². The lowest BCUT2D eigenvalue weighted by molar-refractivity contribution is -0.120. The van der Waals surface area contributed by atoms with Crippen molar-refractivity contribution < 1.29 is 9.53 Å². The summed E-state index contributed by atoms with van der Waals surface area (Å²) in [5, 5.41) is 0. The Hall–Kier alpha value is -1.59. The second-order valence-corrected chi connectivity index (χ2v) is 3.81. The van der Waals surface area contributed by atoms with Crippen LogP contribution in [-0.2, 0) is 4.79 Å². The van der Waals surface area contributed by atoms with E-state index in [-0.39, 0.29) is 18.6 Å². The summed E-state index contributed by atoms with van der Waals surface area (Å²) in [5.74, 6) is 0.640. The zero-order chi connectivity index (χ0) is 11.7. The first-order valence-electron chi connectivity index (χ1n) is 5.12. The van der Waals surface area contributed by atoms with E-state index < -0.39 is 0 Å². The smallest absolute Gasteiger partial charge is 0.264 e. The number of hydrogen-bond acceptors (Lipinski definition) is 4. The van der Waals surface area contributed by atoms with Gasteiger partial charge in [0.25, 0.3) is 5.91 Å². The summed E-state index contributed by atoms with van der Waals surface area (Å²) < 4.78 is 5.31. The highest BCUT2D eigenvalue weighted by Gasteiger charge is 2.22. The van der Waals surface area contributed by atoms with Crippen molar-refractivity contribution in [3.8, 4) is 5.75 Å². The van der Waals surface area contributed by atoms with Gasteiger partial charge in [-0.25, -0.2) is 0 Å². The maximum Gasteiger partial charge on any atom is 0.264 e. The predicted molar refractivity (Wildman–Crippen MR) is 61.3 cm³/mol. The zero-order valence-corrected chi connectivity index (χ0v) is 9.14. The van der Waals surface area contributed by atoms with E-state index in [0.717, 1.165) is 11.3 Å². The predicted octanol–water partition coefficient (Wildman–Crippen LogP) is 0.000300. The Morgan fingerprint density at radius 3 is 3.00 bits per heavy atom. The molecule has 16 heavy (non-hydrogen) atoms. The molecule has 0 radical (unpaired) electrons. The van der Waals surface area contributed by atoms with Crippen LogP contribution in [0.5, 0.6) is 5.75 Å². The van der Waals surface area contributed by atoms with E-state index in [1.807, 2.05) is 18.2 Å². The molecule has 1 aliphatic heterocycles. The monoisotopic (exact) mass is 221 g/mol. The molecule has 5 heteroatoms. The van der Waals surface area contributed by atoms with E-state index in [2.05, 4.69) is 0 Å². The Bertz CT molecular complexity index is 420. The van der Waals surface area contributed by atoms with Crippen molar-refractivity contribution >= 4 is 11.6 Å². The van der Waals surface area contributed by atoms with Crippen molar-refractivity contribution in [1.29, 1.82) is 0 Å². The van der Waals surface area contributed by atoms with Crippen molar-refractivity contribution in [2.24, 2.45) is 11.5 Å². The summed E-state index contributed by atoms with van der Waals surface area (Å²) in [7, 11) is 1.72. The summed E-state index contributed by atoms with van der Waals surface area (Å²) in [6.45, 7) is 0.461. The van der Waals surface area contributed by atoms with Gasteiger partial charge in [-0.1, -0.05) is 6.07 Å². The van der Waals surface area contributed by atoms with Crippen LogP contribution < -0.4 is 21.1 Å². The number of benzene rings is 1. The highest BCUT2D eigenvalue weighted by molar-refractivity contribution is 5.97. The summed E-state index contributed by atoms with van der Waals surface area (Å²) >= 11 is 0. The fourth-order valence-corrected chi connectivity index (χ4v) is 1.66. The van der Waals surface area contributed by atoms with Crippen molar-refractivity contribution in [2.45, 2.75) is 6.04 Å². The summed E-state index contributed by atoms with van der Waals surface area (Å²) in [4.78, 5) is 13.0. The molecule has 1 aromatic carbocycles. The average molecular weight is 221 g/mol. The topological polar surface area (TPSA) is 81.6 Å². The number of carbonyl (C=O) groups excluding carboxylic acids is 1. The van der Waals surface area contributed by atoms with E-state index in [0.29, 0.717) is 12.3 Å². The van der Waals surface area contributed by atoms with Gasteiger partial charge in [-0.15, -0.1) is 0 Å². The molecule has 2 rings (SSSR count). The Balaban J connectivity index is 2.40. The van der Waals surface area contributed by atoms with Crippen molar-refractivity contribution in [1.82, 2.24) is 0 Å². The van der Waals surface area contributed by atoms with Gasteiger partial charge in [0, 0.05) is 19.6 Å². The lowest BCUT2D eigenvalue weighted by Crippen LogP contribution is -2.35. The Kier molecular flexibility index (Phi) is 2.80. The van der Waals surface area contributed by atoms with Crippen LogP contribution in [-0.4, -0.2) is 26.1 Å². The van der Waals surface area contributed by atoms with Crippen molar-refractivity contribution in [3.63, 3.8) is 0 Å². The number of amides is 1. The molecule has 0 fully saturated rings. The highest BCUT2D eigenvalue weighted by atomic mass is 16.5. The molecule has 1 aromatic rings. The number of carbonyl (C=O) groups is 1. The molecule has 0 saturated heterocycles. The molecule has 1 aliphatic rings. The first-order valence-corrected chi connectivity index (χ1v) is 5.12. The standard InChI is InChI=1S/C11H15N3O2/c1-14-9-4-7(8(13)5-12)2-3-10(9)16-6-11(14)15/h2-4,8H,5-6,12-13H2,1H3. The van der Waals surface area contributed by atoms with Crippen LogP contribution in [0.3, 0.4) is 0 Å². The summed E-state index contributed by atoms with van der Waals surface area (Å²) in [6.07, 6.45) is 0. The van der Waals surface area contributed by atoms with Gasteiger partial charge >= 0.3 is 0 Å². The molecule has 0 spiro atoms. The molecule has 1 amide bonds. The third kappa shape index (κ3) is 1.75. The molecule has 0 saturated carbocycles. The van der Waals surface area contributed by atoms with E-state index >= 15 is 0 Å². The van der Waals surface area contributed by atoms with Crippen LogP contribution >= 0.6 is 0 Å². The molecule has 0 aliphatic carbocycles. The minimum Gasteiger partial charge on any atom is -0.482 e. The maximum atomic E-state index is 11.5. The molecule has 5 nitrogen and oxygen atoms in total. The quantitative estimate of drug-likeness (QED) is 0.736. The Labute approximate surface area is 94.0 Å². The van der Waals surface area contributed by atoms with E-state index in [4.69, 9.17) is 16.2 Å². The number of ether oxygens (including phenoxy) is 1. The molecule has 1 unspecified atom stereocenters. The van der Waals surface area contributed by atoms with Crippen LogP contribution in [0.1, 0.15) is 11.6 Å². The fourth-order valence-electron chi connectivity index (χ4n) is 1.66. The van der Waals surface area contributed by atoms with Gasteiger partial charge in [-0.3, -0.25) is 4.79 Å². The first kappa shape index (κ1) is 10.9. The van der Waals surface area contributed by atoms with E-state index in [1.54, 1.807) is 11.9 Å². The van der Waals surface area contributed by atoms with Gasteiger partial charge in [0.15, 0.2) is 6.61 Å². The van der Waals surface area contributed by atoms with Crippen LogP contribution in [0.25, 0.3) is 0 Å². The number of fused-ring (bicyclic) bond motifs is 1. The molecule has 1 atom stereocenters. The molecule has 86 valence electrons. The molecule has 4 N–H and O–H groups in total. The van der Waals surface area contributed by atoms with Gasteiger partial charge in [0.1, 0.15) is 5.75 Å². The number of hydrogen-bond donors (Lipinski definition) is 2. The number of anilines is 1. The molecular formula is C11H15N3O2. The van der Waals surface area contributed by atoms with Crippen molar-refractivity contribution in [3.05, 3.63) is 23.8 Å². The molecule has 0 bridgehead atoms. The Morgan fingerprint density at radius 1 is 1.56 bits per heavy atom. The van der Waals surface area contributed by atoms with E-state index in [1.165, 1.54) is 0 Å². The zero-order valence-electron chi connectivity index (χ0n) is 9.14. The SMILES string of the molecule is CN1C(=O)COc2ccc(C(N)CN)cc21. The number of nitrogens with zero attached hydrogens (tertiary/aromatic N) is 1. The van der Waals surface area contributed by atoms with Gasteiger partial charge in [-0.2, -0.15) is 0 Å². The minimum absolute atomic E-state index is 0.0639. The Morgan fingerprint density at radius 2 is 2.31 bits per heavy atom. The lowest BCUT2D eigenvalue weighted by atomic mass is 10.1. The lowest BCUT2D eigenvalue weighted by Gasteiger charge is -2.27. The van der Waals surface area contributed by atoms with Gasteiger partial charge < -0.3 is 21.1 Å². The second kappa shape index (κ2) is 4.11. The van der Waals surface area contributed by atoms with Gasteiger partial charge in [-0.05, 0) is 17.7 Å². The minimum atomic E-state index is -0.212. The van der Waals surface area contributed by atoms with Crippen LogP contribution in [0.2, 0.25) is 0 Å². The molecule has 1 heterocycles. The largest absolute Gasteiger partial charge is 0.482 e. The third-order valence-corrected chi connectivity index (χ3v) is 2.75. The maximum absolute atomic E-state index is 11.5. The van der Waals surface area contributed by atoms with Crippen LogP contribution in [0, 0.1) is 0 Å². The first-order chi connectivity index (χ1) is 7.63. The summed E-state index contributed by atoms with van der Waals surface area (Å²) in [6, 6.07) is 5.34. The highest BCUT2D eigenvalue weighted by Crippen LogP contribution is 2.32. The average Bonchev–Trinajstić information content (AvgIpc) is 2.32. The molecule has 0 aromatic heterocycles. The van der Waals surface area contributed by atoms with Crippen molar-refractivity contribution in [2.75, 3.05) is 25.1 Å². The number of likely N-dealkylation sites (N-methyl/N-ethyl adjacent to an activating group) is 1. The summed E-state index contributed by atoms with van der Waals surface area (Å²) in [5.41, 5.74) is 13.0.